The number of hydrogen-bond acceptors (Lipinski definition) is 4. The number of nitrogens with one attached hydrogen (secondary N) is 1. The highest BCUT2D eigenvalue weighted by atomic mass is 35.5. The molecule has 0 fully saturated rings. The van der Waals surface area contributed by atoms with E-state index in [4.69, 9.17) is 16.3 Å². The second kappa shape index (κ2) is 9.51. The fourth-order valence-electron chi connectivity index (χ4n) is 3.07. The molecule has 0 bridgehead atoms. The zero-order valence-corrected chi connectivity index (χ0v) is 19.0. The van der Waals surface area contributed by atoms with Crippen LogP contribution in [0.2, 0.25) is 5.02 Å². The molecular weight excluding hydrogens is 436 g/mol. The Morgan fingerprint density at radius 2 is 1.77 bits per heavy atom. The first-order valence-corrected chi connectivity index (χ1v) is 11.3. The number of nitrogens with zero attached hydrogens (tertiary/aromatic N) is 1. The van der Waals surface area contributed by atoms with Gasteiger partial charge in [0, 0.05) is 29.9 Å². The van der Waals surface area contributed by atoms with Gasteiger partial charge in [-0.2, -0.15) is 4.31 Å². The molecule has 3 aromatic carbocycles. The van der Waals surface area contributed by atoms with Gasteiger partial charge in [-0.25, -0.2) is 8.42 Å². The third-order valence-electron chi connectivity index (χ3n) is 4.80. The van der Waals surface area contributed by atoms with Gasteiger partial charge >= 0.3 is 0 Å². The maximum absolute atomic E-state index is 13.2. The minimum atomic E-state index is -3.91. The van der Waals surface area contributed by atoms with Crippen molar-refractivity contribution < 1.29 is 17.9 Å². The van der Waals surface area contributed by atoms with E-state index in [-0.39, 0.29) is 22.8 Å². The van der Waals surface area contributed by atoms with Crippen LogP contribution in [0, 0.1) is 6.92 Å². The predicted molar refractivity (Wildman–Crippen MR) is 122 cm³/mol. The lowest BCUT2D eigenvalue weighted by molar-refractivity contribution is 0.102. The van der Waals surface area contributed by atoms with Gasteiger partial charge in [-0.3, -0.25) is 4.79 Å². The molecule has 0 aliphatic carbocycles. The summed E-state index contributed by atoms with van der Waals surface area (Å²) in [6, 6.07) is 18.7. The van der Waals surface area contributed by atoms with Gasteiger partial charge < -0.3 is 10.1 Å². The summed E-state index contributed by atoms with van der Waals surface area (Å²) in [4.78, 5) is 12.7. The van der Waals surface area contributed by atoms with Crippen molar-refractivity contribution in [2.75, 3.05) is 19.5 Å². The number of amides is 1. The van der Waals surface area contributed by atoms with E-state index in [0.29, 0.717) is 10.7 Å². The van der Waals surface area contributed by atoms with E-state index in [9.17, 15) is 13.2 Å². The molecule has 0 aliphatic heterocycles. The van der Waals surface area contributed by atoms with Crippen molar-refractivity contribution in [3.63, 3.8) is 0 Å². The highest BCUT2D eigenvalue weighted by molar-refractivity contribution is 7.89. The van der Waals surface area contributed by atoms with Gasteiger partial charge in [0.2, 0.25) is 10.0 Å². The molecule has 162 valence electrons. The van der Waals surface area contributed by atoms with Crippen molar-refractivity contribution in [3.8, 4) is 5.75 Å². The Morgan fingerprint density at radius 1 is 1.06 bits per heavy atom. The molecule has 0 saturated heterocycles. The van der Waals surface area contributed by atoms with Crippen molar-refractivity contribution >= 4 is 33.2 Å². The topological polar surface area (TPSA) is 75.7 Å². The zero-order valence-electron chi connectivity index (χ0n) is 17.4. The summed E-state index contributed by atoms with van der Waals surface area (Å²) < 4.78 is 33.0. The SMILES string of the molecule is COc1ccc(C(=O)Nc2ccc(Cl)cc2C)cc1S(=O)(=O)N(C)Cc1ccccc1. The van der Waals surface area contributed by atoms with Gasteiger partial charge in [-0.05, 0) is 54.4 Å². The van der Waals surface area contributed by atoms with E-state index < -0.39 is 15.9 Å². The van der Waals surface area contributed by atoms with Crippen LogP contribution in [0.3, 0.4) is 0 Å². The van der Waals surface area contributed by atoms with E-state index in [0.717, 1.165) is 11.1 Å². The molecule has 0 atom stereocenters. The molecule has 0 radical (unpaired) electrons. The summed E-state index contributed by atoms with van der Waals surface area (Å²) >= 11 is 5.96. The van der Waals surface area contributed by atoms with Crippen molar-refractivity contribution in [1.82, 2.24) is 4.31 Å². The lowest BCUT2D eigenvalue weighted by Crippen LogP contribution is -2.27. The van der Waals surface area contributed by atoms with Gasteiger partial charge in [-0.1, -0.05) is 41.9 Å². The lowest BCUT2D eigenvalue weighted by Gasteiger charge is -2.19. The number of sulfonamides is 1. The molecule has 0 heterocycles. The number of carbonyl (C=O) groups excluding carboxylic acids is 1. The van der Waals surface area contributed by atoms with Crippen LogP contribution in [0.5, 0.6) is 5.75 Å². The van der Waals surface area contributed by atoms with E-state index in [1.165, 1.54) is 36.7 Å². The highest BCUT2D eigenvalue weighted by Gasteiger charge is 2.26. The van der Waals surface area contributed by atoms with Gasteiger partial charge in [0.25, 0.3) is 5.91 Å². The monoisotopic (exact) mass is 458 g/mol. The number of methoxy groups -OCH3 is 1. The maximum atomic E-state index is 13.2. The first-order valence-electron chi connectivity index (χ1n) is 9.48. The average molecular weight is 459 g/mol. The van der Waals surface area contributed by atoms with Crippen LogP contribution in [0.25, 0.3) is 0 Å². The highest BCUT2D eigenvalue weighted by Crippen LogP contribution is 2.29. The molecule has 0 saturated carbocycles. The summed E-state index contributed by atoms with van der Waals surface area (Å²) in [6.07, 6.45) is 0. The molecule has 8 heteroatoms. The standard InChI is InChI=1S/C23H23ClN2O4S/c1-16-13-19(24)10-11-20(16)25-23(27)18-9-12-21(30-3)22(14-18)31(28,29)26(2)15-17-7-5-4-6-8-17/h4-14H,15H2,1-3H3,(H,25,27). The van der Waals surface area contributed by atoms with Gasteiger partial charge in [0.05, 0.1) is 7.11 Å². The van der Waals surface area contributed by atoms with Crippen LogP contribution in [-0.2, 0) is 16.6 Å². The smallest absolute Gasteiger partial charge is 0.255 e. The average Bonchev–Trinajstić information content (AvgIpc) is 2.75. The number of ether oxygens (including phenoxy) is 1. The fraction of sp³-hybridized carbons (Fsp3) is 0.174. The maximum Gasteiger partial charge on any atom is 0.255 e. The number of anilines is 1. The molecule has 1 N–H and O–H groups in total. The summed E-state index contributed by atoms with van der Waals surface area (Å²) in [7, 11) is -1.03. The molecule has 0 aromatic heterocycles. The molecule has 1 amide bonds. The molecule has 3 aromatic rings. The normalized spacial score (nSPS) is 11.4. The number of carbonyl (C=O) groups is 1. The summed E-state index contributed by atoms with van der Waals surface area (Å²) in [5, 5.41) is 3.36. The Labute approximate surface area is 187 Å². The van der Waals surface area contributed by atoms with Crippen LogP contribution in [0.15, 0.2) is 71.6 Å². The number of halogens is 1. The lowest BCUT2D eigenvalue weighted by atomic mass is 10.1. The van der Waals surface area contributed by atoms with Crippen LogP contribution in [0.4, 0.5) is 5.69 Å². The zero-order chi connectivity index (χ0) is 22.6. The molecule has 6 nitrogen and oxygen atoms in total. The van der Waals surface area contributed by atoms with Crippen LogP contribution in [0.1, 0.15) is 21.5 Å². The molecule has 0 aliphatic rings. The predicted octanol–water partition coefficient (Wildman–Crippen LogP) is 4.73. The molecule has 3 rings (SSSR count). The number of rotatable bonds is 7. The van der Waals surface area contributed by atoms with Crippen LogP contribution >= 0.6 is 11.6 Å². The van der Waals surface area contributed by atoms with Crippen molar-refractivity contribution in [3.05, 3.63) is 88.4 Å². The van der Waals surface area contributed by atoms with Crippen molar-refractivity contribution in [2.45, 2.75) is 18.4 Å². The Morgan fingerprint density at radius 3 is 2.42 bits per heavy atom. The van der Waals surface area contributed by atoms with E-state index in [1.54, 1.807) is 18.2 Å². The Hall–Kier alpha value is -2.87. The second-order valence-corrected chi connectivity index (χ2v) is 9.48. The Bertz CT molecular complexity index is 1200. The van der Waals surface area contributed by atoms with Crippen molar-refractivity contribution in [1.29, 1.82) is 0 Å². The van der Waals surface area contributed by atoms with Gasteiger partial charge in [-0.15, -0.1) is 0 Å². The van der Waals surface area contributed by atoms with E-state index in [2.05, 4.69) is 5.32 Å². The minimum Gasteiger partial charge on any atom is -0.495 e. The quantitative estimate of drug-likeness (QED) is 0.555. The van der Waals surface area contributed by atoms with E-state index in [1.807, 2.05) is 37.3 Å². The third-order valence-corrected chi connectivity index (χ3v) is 6.86. The van der Waals surface area contributed by atoms with Gasteiger partial charge in [0.1, 0.15) is 10.6 Å². The van der Waals surface area contributed by atoms with Gasteiger partial charge in [0.15, 0.2) is 0 Å². The van der Waals surface area contributed by atoms with Crippen LogP contribution < -0.4 is 10.1 Å². The summed E-state index contributed by atoms with van der Waals surface area (Å²) in [6.45, 7) is 2.01. The minimum absolute atomic E-state index is 0.0751. The molecule has 0 spiro atoms. The summed E-state index contributed by atoms with van der Waals surface area (Å²) in [5.41, 5.74) is 2.43. The summed E-state index contributed by atoms with van der Waals surface area (Å²) in [5.74, 6) is -0.269. The van der Waals surface area contributed by atoms with Crippen LogP contribution in [-0.4, -0.2) is 32.8 Å². The molecule has 31 heavy (non-hydrogen) atoms. The third kappa shape index (κ3) is 5.25. The Kier molecular flexibility index (Phi) is 7.00. The fourth-order valence-corrected chi connectivity index (χ4v) is 4.64. The Balaban J connectivity index is 1.91. The number of benzene rings is 3. The largest absolute Gasteiger partial charge is 0.495 e. The first-order chi connectivity index (χ1) is 14.7. The first kappa shape index (κ1) is 22.8. The van der Waals surface area contributed by atoms with E-state index >= 15 is 0 Å². The second-order valence-electron chi connectivity index (χ2n) is 7.03. The van der Waals surface area contributed by atoms with Crippen molar-refractivity contribution in [2.24, 2.45) is 0 Å². The number of hydrogen-bond donors (Lipinski definition) is 1. The number of aryl methyl sites for hydroxylation is 1. The molecule has 0 unspecified atom stereocenters. The molecular formula is C23H23ClN2O4S.